The summed E-state index contributed by atoms with van der Waals surface area (Å²) in [6, 6.07) is 16.9. The summed E-state index contributed by atoms with van der Waals surface area (Å²) in [4.78, 5) is 11.2. The number of hydrogen-bond donors (Lipinski definition) is 1. The summed E-state index contributed by atoms with van der Waals surface area (Å²) in [6.45, 7) is 0.547. The van der Waals surface area contributed by atoms with E-state index in [9.17, 15) is 10.0 Å². The van der Waals surface area contributed by atoms with Crippen molar-refractivity contribution in [2.24, 2.45) is 5.18 Å². The van der Waals surface area contributed by atoms with Gasteiger partial charge in [-0.25, -0.2) is 0 Å². The molecule has 7 heteroatoms. The first-order valence-corrected chi connectivity index (χ1v) is 9.00. The van der Waals surface area contributed by atoms with Gasteiger partial charge in [-0.3, -0.25) is 0 Å². The van der Waals surface area contributed by atoms with Crippen molar-refractivity contribution in [3.63, 3.8) is 0 Å². The largest absolute Gasteiger partial charge is 0.493 e. The molecule has 1 N–H and O–H groups in total. The van der Waals surface area contributed by atoms with Crippen molar-refractivity contribution in [3.05, 3.63) is 69.5 Å². The zero-order valence-electron chi connectivity index (χ0n) is 14.0. The van der Waals surface area contributed by atoms with E-state index in [-0.39, 0.29) is 24.7 Å². The molecule has 0 bridgehead atoms. The van der Waals surface area contributed by atoms with Gasteiger partial charge in [0.05, 0.1) is 17.1 Å². The van der Waals surface area contributed by atoms with Gasteiger partial charge in [-0.2, -0.15) is 0 Å². The summed E-state index contributed by atoms with van der Waals surface area (Å²) in [5.74, 6) is 0.484. The van der Waals surface area contributed by atoms with Crippen LogP contribution in [-0.4, -0.2) is 16.3 Å². The Balaban J connectivity index is 1.66. The Morgan fingerprint density at radius 3 is 2.63 bits per heavy atom. The van der Waals surface area contributed by atoms with Gasteiger partial charge in [0.15, 0.2) is 5.69 Å². The second-order valence-electron chi connectivity index (χ2n) is 6.02. The zero-order valence-corrected chi connectivity index (χ0v) is 15.5. The Morgan fingerprint density at radius 2 is 1.81 bits per heavy atom. The number of nitrogens with zero attached hydrogens (tertiary/aromatic N) is 2. The van der Waals surface area contributed by atoms with Gasteiger partial charge in [-0.1, -0.05) is 59.6 Å². The van der Waals surface area contributed by atoms with Crippen LogP contribution in [0.25, 0.3) is 21.7 Å². The molecular weight excluding hydrogens is 387 g/mol. The average molecular weight is 401 g/mol. The van der Waals surface area contributed by atoms with Crippen LogP contribution in [0.3, 0.4) is 0 Å². The fourth-order valence-corrected chi connectivity index (χ4v) is 3.85. The van der Waals surface area contributed by atoms with Crippen LogP contribution in [0.5, 0.6) is 11.6 Å². The Hall–Kier alpha value is -2.76. The maximum absolute atomic E-state index is 11.2. The van der Waals surface area contributed by atoms with Crippen LogP contribution in [0.1, 0.15) is 0 Å². The number of hydrogen-bond acceptors (Lipinski definition) is 4. The highest BCUT2D eigenvalue weighted by molar-refractivity contribution is 6.39. The van der Waals surface area contributed by atoms with Gasteiger partial charge in [0.25, 0.3) is 0 Å². The maximum atomic E-state index is 11.2. The number of halogens is 2. The molecule has 0 amide bonds. The molecule has 0 aliphatic carbocycles. The van der Waals surface area contributed by atoms with Gasteiger partial charge in [-0.05, 0) is 28.8 Å². The summed E-state index contributed by atoms with van der Waals surface area (Å²) in [5.41, 5.74) is 0.411. The minimum atomic E-state index is -0.259. The third-order valence-electron chi connectivity index (χ3n) is 4.43. The van der Waals surface area contributed by atoms with Crippen molar-refractivity contribution in [1.29, 1.82) is 0 Å². The Kier molecular flexibility index (Phi) is 4.64. The van der Waals surface area contributed by atoms with E-state index in [4.69, 9.17) is 27.9 Å². The lowest BCUT2D eigenvalue weighted by Crippen LogP contribution is -2.08. The van der Waals surface area contributed by atoms with E-state index in [1.54, 1.807) is 12.1 Å². The van der Waals surface area contributed by atoms with E-state index in [2.05, 4.69) is 5.18 Å². The number of aromatic hydroxyl groups is 1. The number of nitroso groups, excluding NO2 is 1. The monoisotopic (exact) mass is 400 g/mol. The molecule has 27 heavy (non-hydrogen) atoms. The van der Waals surface area contributed by atoms with Crippen molar-refractivity contribution in [2.75, 3.05) is 6.61 Å². The second kappa shape index (κ2) is 7.10. The van der Waals surface area contributed by atoms with Gasteiger partial charge in [0.1, 0.15) is 12.4 Å². The number of ether oxygens (including phenoxy) is 1. The highest BCUT2D eigenvalue weighted by Gasteiger charge is 2.20. The van der Waals surface area contributed by atoms with Crippen LogP contribution < -0.4 is 4.74 Å². The normalized spacial score (nSPS) is 11.2. The molecule has 3 aromatic carbocycles. The van der Waals surface area contributed by atoms with Crippen LogP contribution in [0.4, 0.5) is 5.69 Å². The Bertz CT molecular complexity index is 1170. The topological polar surface area (TPSA) is 63.8 Å². The SMILES string of the molecule is O=Nc1c(O)n(CCOc2cccc3ccccc23)c2c(Cl)cc(Cl)cc12. The predicted molar refractivity (Wildman–Crippen MR) is 109 cm³/mol. The van der Waals surface area contributed by atoms with E-state index >= 15 is 0 Å². The molecule has 0 saturated carbocycles. The van der Waals surface area contributed by atoms with E-state index in [0.717, 1.165) is 16.5 Å². The molecule has 0 aliphatic heterocycles. The second-order valence-corrected chi connectivity index (χ2v) is 6.87. The molecule has 0 fully saturated rings. The minimum Gasteiger partial charge on any atom is -0.493 e. The molecule has 1 aromatic heterocycles. The van der Waals surface area contributed by atoms with Crippen LogP contribution in [0, 0.1) is 4.91 Å². The molecule has 0 atom stereocenters. The number of fused-ring (bicyclic) bond motifs is 2. The highest BCUT2D eigenvalue weighted by atomic mass is 35.5. The van der Waals surface area contributed by atoms with Crippen molar-refractivity contribution in [1.82, 2.24) is 4.57 Å². The van der Waals surface area contributed by atoms with Crippen molar-refractivity contribution in [3.8, 4) is 11.6 Å². The number of benzene rings is 3. The maximum Gasteiger partial charge on any atom is 0.222 e. The quantitative estimate of drug-likeness (QED) is 0.400. The first-order chi connectivity index (χ1) is 13.1. The van der Waals surface area contributed by atoms with Crippen LogP contribution >= 0.6 is 23.2 Å². The molecule has 136 valence electrons. The highest BCUT2D eigenvalue weighted by Crippen LogP contribution is 2.42. The molecule has 0 radical (unpaired) electrons. The molecule has 4 rings (SSSR count). The fraction of sp³-hybridized carbons (Fsp3) is 0.100. The van der Waals surface area contributed by atoms with Gasteiger partial charge in [0.2, 0.25) is 5.88 Å². The Labute approximate surface area is 164 Å². The first-order valence-electron chi connectivity index (χ1n) is 8.24. The first kappa shape index (κ1) is 17.6. The summed E-state index contributed by atoms with van der Waals surface area (Å²) in [5, 5.41) is 16.5. The van der Waals surface area contributed by atoms with Gasteiger partial charge in [0, 0.05) is 15.8 Å². The molecule has 0 spiro atoms. The lowest BCUT2D eigenvalue weighted by Gasteiger charge is -2.12. The summed E-state index contributed by atoms with van der Waals surface area (Å²) < 4.78 is 7.43. The Morgan fingerprint density at radius 1 is 1.04 bits per heavy atom. The van der Waals surface area contributed by atoms with E-state index in [1.807, 2.05) is 42.5 Å². The van der Waals surface area contributed by atoms with Crippen LogP contribution in [0.15, 0.2) is 59.8 Å². The van der Waals surface area contributed by atoms with Crippen LogP contribution in [-0.2, 0) is 6.54 Å². The molecule has 0 aliphatic rings. The van der Waals surface area contributed by atoms with E-state index < -0.39 is 0 Å². The molecular formula is C20H14Cl2N2O3. The van der Waals surface area contributed by atoms with Gasteiger partial charge in [-0.15, -0.1) is 4.91 Å². The molecule has 4 aromatic rings. The lowest BCUT2D eigenvalue weighted by molar-refractivity contribution is 0.293. The van der Waals surface area contributed by atoms with Gasteiger partial charge >= 0.3 is 0 Å². The van der Waals surface area contributed by atoms with Crippen molar-refractivity contribution >= 4 is 50.6 Å². The van der Waals surface area contributed by atoms with Crippen molar-refractivity contribution in [2.45, 2.75) is 6.54 Å². The summed E-state index contributed by atoms with van der Waals surface area (Å²) in [6.07, 6.45) is 0. The molecule has 0 saturated heterocycles. The average Bonchev–Trinajstić information content (AvgIpc) is 2.93. The standard InChI is InChI=1S/C20H14Cl2N2O3/c21-13-10-15-18(23-26)20(25)24(19(15)16(22)11-13)8-9-27-17-7-3-5-12-4-1-2-6-14(12)17/h1-7,10-11,25H,8-9H2. The smallest absolute Gasteiger partial charge is 0.222 e. The molecule has 5 nitrogen and oxygen atoms in total. The lowest BCUT2D eigenvalue weighted by atomic mass is 10.1. The minimum absolute atomic E-state index is 0.0837. The fourth-order valence-electron chi connectivity index (χ4n) is 3.25. The third-order valence-corrected chi connectivity index (χ3v) is 4.94. The van der Waals surface area contributed by atoms with E-state index in [1.165, 1.54) is 4.57 Å². The van der Waals surface area contributed by atoms with Crippen LogP contribution in [0.2, 0.25) is 10.0 Å². The predicted octanol–water partition coefficient (Wildman–Crippen LogP) is 6.28. The zero-order chi connectivity index (χ0) is 19.0. The van der Waals surface area contributed by atoms with Crippen molar-refractivity contribution < 1.29 is 9.84 Å². The number of aromatic nitrogens is 1. The summed E-state index contributed by atoms with van der Waals surface area (Å²) in [7, 11) is 0. The number of rotatable bonds is 5. The molecule has 0 unspecified atom stereocenters. The molecule has 1 heterocycles. The van der Waals surface area contributed by atoms with Gasteiger partial charge < -0.3 is 14.4 Å². The third kappa shape index (κ3) is 3.09. The van der Waals surface area contributed by atoms with E-state index in [0.29, 0.717) is 20.9 Å². The summed E-state index contributed by atoms with van der Waals surface area (Å²) >= 11 is 12.3.